The van der Waals surface area contributed by atoms with E-state index in [0.717, 1.165) is 36.9 Å². The molecule has 1 fully saturated rings. The Labute approximate surface area is 208 Å². The highest BCUT2D eigenvalue weighted by molar-refractivity contribution is 8.18. The minimum absolute atomic E-state index is 0.0911. The Hall–Kier alpha value is -3.56. The van der Waals surface area contributed by atoms with Crippen molar-refractivity contribution in [3.8, 4) is 5.75 Å². The van der Waals surface area contributed by atoms with E-state index >= 15 is 0 Å². The van der Waals surface area contributed by atoms with Gasteiger partial charge in [-0.05, 0) is 59.8 Å². The van der Waals surface area contributed by atoms with E-state index in [2.05, 4.69) is 26.9 Å². The van der Waals surface area contributed by atoms with Crippen LogP contribution in [0.4, 0.5) is 5.69 Å². The fraction of sp³-hybridized carbons (Fsp3) is 0.154. The molecule has 9 heteroatoms. The van der Waals surface area contributed by atoms with Crippen LogP contribution in [0.15, 0.2) is 99.7 Å². The second-order valence-corrected chi connectivity index (χ2v) is 10.6. The normalized spacial score (nSPS) is 17.5. The van der Waals surface area contributed by atoms with E-state index in [1.807, 2.05) is 18.2 Å². The molecule has 0 bridgehead atoms. The van der Waals surface area contributed by atoms with E-state index in [1.54, 1.807) is 48.5 Å². The van der Waals surface area contributed by atoms with E-state index in [-0.39, 0.29) is 16.6 Å². The average molecular weight is 506 g/mol. The molecule has 178 valence electrons. The summed E-state index contributed by atoms with van der Waals surface area (Å²) in [5.74, 6) is -0.0582. The first-order valence-corrected chi connectivity index (χ1v) is 13.4. The van der Waals surface area contributed by atoms with Gasteiger partial charge in [-0.2, -0.15) is 13.4 Å². The van der Waals surface area contributed by atoms with Crippen molar-refractivity contribution >= 4 is 44.7 Å². The van der Waals surface area contributed by atoms with Crippen molar-refractivity contribution in [1.29, 1.82) is 0 Å². The van der Waals surface area contributed by atoms with E-state index < -0.39 is 10.1 Å². The van der Waals surface area contributed by atoms with Gasteiger partial charge in [-0.3, -0.25) is 4.79 Å². The topological polar surface area (TPSA) is 79.3 Å². The van der Waals surface area contributed by atoms with Crippen LogP contribution in [0.2, 0.25) is 0 Å². The van der Waals surface area contributed by atoms with Gasteiger partial charge >= 0.3 is 10.1 Å². The van der Waals surface area contributed by atoms with Crippen LogP contribution in [-0.4, -0.2) is 50.6 Å². The van der Waals surface area contributed by atoms with Crippen LogP contribution in [0.5, 0.6) is 5.75 Å². The second kappa shape index (κ2) is 9.97. The Bertz CT molecular complexity index is 1370. The summed E-state index contributed by atoms with van der Waals surface area (Å²) in [6.07, 6.45) is 1.76. The first-order valence-electron chi connectivity index (χ1n) is 11.2. The van der Waals surface area contributed by atoms with Crippen LogP contribution >= 0.6 is 11.8 Å². The number of thioether (sulfide) groups is 1. The highest BCUT2D eigenvalue weighted by Gasteiger charge is 2.28. The second-order valence-electron chi connectivity index (χ2n) is 8.04. The number of piperazine rings is 1. The van der Waals surface area contributed by atoms with Crippen molar-refractivity contribution in [1.82, 2.24) is 4.90 Å². The third kappa shape index (κ3) is 5.41. The van der Waals surface area contributed by atoms with Crippen molar-refractivity contribution in [3.63, 3.8) is 0 Å². The van der Waals surface area contributed by atoms with Crippen molar-refractivity contribution in [2.75, 3.05) is 31.1 Å². The Morgan fingerprint density at radius 3 is 2.06 bits per heavy atom. The van der Waals surface area contributed by atoms with Crippen molar-refractivity contribution in [2.24, 2.45) is 4.99 Å². The number of anilines is 1. The molecule has 0 radical (unpaired) electrons. The fourth-order valence-corrected chi connectivity index (χ4v) is 5.78. The van der Waals surface area contributed by atoms with Crippen LogP contribution in [0.1, 0.15) is 5.56 Å². The summed E-state index contributed by atoms with van der Waals surface area (Å²) in [5, 5.41) is 0.725. The molecule has 1 saturated heterocycles. The van der Waals surface area contributed by atoms with Gasteiger partial charge in [0.15, 0.2) is 5.17 Å². The Kier molecular flexibility index (Phi) is 6.61. The lowest BCUT2D eigenvalue weighted by Crippen LogP contribution is -2.47. The maximum atomic E-state index is 12.5. The monoisotopic (exact) mass is 505 g/mol. The molecule has 2 heterocycles. The van der Waals surface area contributed by atoms with Crippen LogP contribution in [-0.2, 0) is 14.9 Å². The number of amidine groups is 1. The molecular formula is C26H23N3O4S2. The average Bonchev–Trinajstić information content (AvgIpc) is 3.26. The Balaban J connectivity index is 1.20. The van der Waals surface area contributed by atoms with E-state index in [0.29, 0.717) is 4.91 Å². The molecule has 0 unspecified atom stereocenters. The van der Waals surface area contributed by atoms with E-state index in [1.165, 1.54) is 29.6 Å². The molecule has 0 N–H and O–H groups in total. The van der Waals surface area contributed by atoms with Crippen LogP contribution < -0.4 is 9.08 Å². The first kappa shape index (κ1) is 23.2. The molecule has 0 spiro atoms. The number of carbonyl (C=O) groups is 1. The lowest BCUT2D eigenvalue weighted by molar-refractivity contribution is -0.113. The molecule has 0 atom stereocenters. The van der Waals surface area contributed by atoms with E-state index in [9.17, 15) is 13.2 Å². The van der Waals surface area contributed by atoms with E-state index in [4.69, 9.17) is 4.18 Å². The summed E-state index contributed by atoms with van der Waals surface area (Å²) < 4.78 is 30.0. The van der Waals surface area contributed by atoms with Gasteiger partial charge < -0.3 is 14.0 Å². The molecule has 2 aliphatic rings. The third-order valence-corrected chi connectivity index (χ3v) is 8.00. The lowest BCUT2D eigenvalue weighted by Gasteiger charge is -2.36. The van der Waals surface area contributed by atoms with Gasteiger partial charge in [0, 0.05) is 31.9 Å². The van der Waals surface area contributed by atoms with Crippen LogP contribution in [0, 0.1) is 0 Å². The smallest absolute Gasteiger partial charge is 0.339 e. The molecule has 35 heavy (non-hydrogen) atoms. The van der Waals surface area contributed by atoms with Gasteiger partial charge in [-0.15, -0.1) is 0 Å². The number of nitrogens with zero attached hydrogens (tertiary/aromatic N) is 3. The number of hydrogen-bond acceptors (Lipinski definition) is 7. The number of rotatable bonds is 5. The highest BCUT2D eigenvalue weighted by Crippen LogP contribution is 2.31. The fourth-order valence-electron chi connectivity index (χ4n) is 3.86. The summed E-state index contributed by atoms with van der Waals surface area (Å²) >= 11 is 1.37. The number of benzene rings is 3. The van der Waals surface area contributed by atoms with Crippen molar-refractivity contribution in [2.45, 2.75) is 4.90 Å². The molecule has 1 amide bonds. The number of hydrogen-bond donors (Lipinski definition) is 0. The molecule has 3 aromatic rings. The molecule has 2 aliphatic heterocycles. The Morgan fingerprint density at radius 2 is 1.40 bits per heavy atom. The van der Waals surface area contributed by atoms with Gasteiger partial charge in [-0.1, -0.05) is 48.5 Å². The maximum Gasteiger partial charge on any atom is 0.339 e. The summed E-state index contributed by atoms with van der Waals surface area (Å²) in [6.45, 7) is 3.32. The van der Waals surface area contributed by atoms with Gasteiger partial charge in [-0.25, -0.2) is 0 Å². The van der Waals surface area contributed by atoms with Crippen molar-refractivity contribution < 1.29 is 17.4 Å². The Morgan fingerprint density at radius 1 is 0.800 bits per heavy atom. The number of aliphatic imine (C=N–C) groups is 1. The first-order chi connectivity index (χ1) is 17.0. The molecule has 0 saturated carbocycles. The third-order valence-electron chi connectivity index (χ3n) is 5.70. The molecule has 7 nitrogen and oxygen atoms in total. The zero-order chi connectivity index (χ0) is 24.3. The highest BCUT2D eigenvalue weighted by atomic mass is 32.2. The summed E-state index contributed by atoms with van der Waals surface area (Å²) in [4.78, 5) is 21.9. The van der Waals surface area contributed by atoms with Crippen molar-refractivity contribution in [3.05, 3.63) is 95.4 Å². The van der Waals surface area contributed by atoms with Gasteiger partial charge in [0.1, 0.15) is 10.6 Å². The number of carbonyl (C=O) groups excluding carboxylic acids is 1. The van der Waals surface area contributed by atoms with Crippen LogP contribution in [0.3, 0.4) is 0 Å². The SMILES string of the molecule is O=C1N=C(N2CCN(c3ccccc3)CC2)S/C1=C\c1ccc(OS(=O)(=O)c2ccccc2)cc1. The minimum Gasteiger partial charge on any atom is -0.379 e. The summed E-state index contributed by atoms with van der Waals surface area (Å²) in [6, 6.07) is 24.9. The lowest BCUT2D eigenvalue weighted by atomic mass is 10.2. The number of amides is 1. The summed E-state index contributed by atoms with van der Waals surface area (Å²) in [7, 11) is -3.90. The largest absolute Gasteiger partial charge is 0.379 e. The minimum atomic E-state index is -3.90. The number of para-hydroxylation sites is 1. The zero-order valence-electron chi connectivity index (χ0n) is 18.8. The molecule has 3 aromatic carbocycles. The predicted octanol–water partition coefficient (Wildman–Crippen LogP) is 4.25. The molecule has 0 aromatic heterocycles. The molecular weight excluding hydrogens is 482 g/mol. The predicted molar refractivity (Wildman–Crippen MR) is 139 cm³/mol. The molecule has 0 aliphatic carbocycles. The van der Waals surface area contributed by atoms with Gasteiger partial charge in [0.25, 0.3) is 5.91 Å². The van der Waals surface area contributed by atoms with Crippen LogP contribution in [0.25, 0.3) is 6.08 Å². The molecule has 5 rings (SSSR count). The van der Waals surface area contributed by atoms with Gasteiger partial charge in [0.2, 0.25) is 0 Å². The maximum absolute atomic E-state index is 12.5. The standard InChI is InChI=1S/C26H23N3O4S2/c30-25-24(34-26(27-25)29-17-15-28(16-18-29)21-7-3-1-4-8-21)19-20-11-13-22(14-12-20)33-35(31,32)23-9-5-2-6-10-23/h1-14,19H,15-18H2/b24-19-. The zero-order valence-corrected chi connectivity index (χ0v) is 20.4. The summed E-state index contributed by atoms with van der Waals surface area (Å²) in [5.41, 5.74) is 1.96. The van der Waals surface area contributed by atoms with Gasteiger partial charge in [0.05, 0.1) is 4.91 Å². The quantitative estimate of drug-likeness (QED) is 0.379.